The highest BCUT2D eigenvalue weighted by molar-refractivity contribution is 5.96. The summed E-state index contributed by atoms with van der Waals surface area (Å²) in [5.74, 6) is 0.248. The van der Waals surface area contributed by atoms with Crippen molar-refractivity contribution in [2.24, 2.45) is 5.92 Å². The second-order valence-electron chi connectivity index (χ2n) is 3.66. The molecular weight excluding hydrogens is 178 g/mol. The van der Waals surface area contributed by atoms with E-state index in [0.717, 1.165) is 19.4 Å². The molecular formula is C11H15NO2. The van der Waals surface area contributed by atoms with Gasteiger partial charge >= 0.3 is 0 Å². The van der Waals surface area contributed by atoms with Gasteiger partial charge in [-0.3, -0.25) is 4.79 Å². The van der Waals surface area contributed by atoms with Crippen LogP contribution in [-0.4, -0.2) is 23.5 Å². The van der Waals surface area contributed by atoms with Crippen LogP contribution in [0, 0.1) is 5.92 Å². The molecule has 1 saturated heterocycles. The minimum atomic E-state index is 0.0543. The number of aromatic nitrogens is 1. The van der Waals surface area contributed by atoms with E-state index in [1.54, 1.807) is 6.20 Å². The number of H-pyrrole nitrogens is 1. The Kier molecular flexibility index (Phi) is 2.68. The van der Waals surface area contributed by atoms with Crippen molar-refractivity contribution >= 4 is 5.78 Å². The second-order valence-corrected chi connectivity index (χ2v) is 3.66. The smallest absolute Gasteiger partial charge is 0.184 e. The molecule has 2 heterocycles. The predicted octanol–water partition coefficient (Wildman–Crippen LogP) is 2.01. The molecule has 0 bridgehead atoms. The molecule has 1 aliphatic heterocycles. The maximum absolute atomic E-state index is 12.0. The zero-order valence-electron chi connectivity index (χ0n) is 8.32. The van der Waals surface area contributed by atoms with Gasteiger partial charge in [0.2, 0.25) is 0 Å². The fourth-order valence-electron chi connectivity index (χ4n) is 2.03. The fourth-order valence-corrected chi connectivity index (χ4v) is 2.03. The predicted molar refractivity (Wildman–Crippen MR) is 53.3 cm³/mol. The highest BCUT2D eigenvalue weighted by Gasteiger charge is 2.33. The zero-order chi connectivity index (χ0) is 9.97. The first-order valence-corrected chi connectivity index (χ1v) is 5.12. The molecule has 0 amide bonds. The Morgan fingerprint density at radius 1 is 1.71 bits per heavy atom. The molecule has 1 N–H and O–H groups in total. The molecule has 1 aromatic rings. The maximum Gasteiger partial charge on any atom is 0.184 e. The van der Waals surface area contributed by atoms with Gasteiger partial charge in [-0.2, -0.15) is 0 Å². The molecule has 3 nitrogen and oxygen atoms in total. The number of Topliss-reactive ketones (excluding diaryl/α,β-unsaturated/α-hetero) is 1. The lowest BCUT2D eigenvalue weighted by atomic mass is 9.93. The van der Waals surface area contributed by atoms with Crippen molar-refractivity contribution in [2.75, 3.05) is 6.61 Å². The second kappa shape index (κ2) is 3.96. The number of ketones is 1. The highest BCUT2D eigenvalue weighted by Crippen LogP contribution is 2.26. The van der Waals surface area contributed by atoms with Crippen molar-refractivity contribution in [2.45, 2.75) is 25.9 Å². The average molecular weight is 193 g/mol. The van der Waals surface area contributed by atoms with Gasteiger partial charge in [0.15, 0.2) is 5.78 Å². The molecule has 3 heteroatoms. The highest BCUT2D eigenvalue weighted by atomic mass is 16.5. The molecule has 0 radical (unpaired) electrons. The summed E-state index contributed by atoms with van der Waals surface area (Å²) in [5, 5.41) is 0. The third-order valence-electron chi connectivity index (χ3n) is 2.81. The van der Waals surface area contributed by atoms with Crippen LogP contribution in [0.15, 0.2) is 18.3 Å². The van der Waals surface area contributed by atoms with Gasteiger partial charge in [0.25, 0.3) is 0 Å². The number of ether oxygens (including phenoxy) is 1. The van der Waals surface area contributed by atoms with Gasteiger partial charge in [-0.1, -0.05) is 6.92 Å². The number of carbonyl (C=O) groups is 1. The summed E-state index contributed by atoms with van der Waals surface area (Å²) >= 11 is 0. The van der Waals surface area contributed by atoms with Crippen LogP contribution in [0.5, 0.6) is 0 Å². The van der Waals surface area contributed by atoms with Crippen molar-refractivity contribution in [3.63, 3.8) is 0 Å². The van der Waals surface area contributed by atoms with Gasteiger partial charge in [0.1, 0.15) is 0 Å². The lowest BCUT2D eigenvalue weighted by Gasteiger charge is -2.14. The van der Waals surface area contributed by atoms with E-state index in [4.69, 9.17) is 4.74 Å². The van der Waals surface area contributed by atoms with Crippen LogP contribution in [0.4, 0.5) is 0 Å². The molecule has 0 saturated carbocycles. The standard InChI is InChI=1S/C11H15NO2/c1-2-10-8(5-7-14-10)11(13)9-4-3-6-12-9/h3-4,6,8,10,12H,2,5,7H2,1H3. The number of nitrogens with one attached hydrogen (secondary N) is 1. The molecule has 14 heavy (non-hydrogen) atoms. The third kappa shape index (κ3) is 1.60. The molecule has 0 spiro atoms. The first kappa shape index (κ1) is 9.46. The lowest BCUT2D eigenvalue weighted by molar-refractivity contribution is 0.0686. The van der Waals surface area contributed by atoms with Crippen LogP contribution in [0.1, 0.15) is 30.3 Å². The van der Waals surface area contributed by atoms with E-state index >= 15 is 0 Å². The van der Waals surface area contributed by atoms with E-state index in [2.05, 4.69) is 11.9 Å². The Morgan fingerprint density at radius 3 is 3.21 bits per heavy atom. The summed E-state index contributed by atoms with van der Waals surface area (Å²) in [7, 11) is 0. The van der Waals surface area contributed by atoms with E-state index in [-0.39, 0.29) is 17.8 Å². The summed E-state index contributed by atoms with van der Waals surface area (Å²) in [6, 6.07) is 3.68. The first-order valence-electron chi connectivity index (χ1n) is 5.12. The van der Waals surface area contributed by atoms with Gasteiger partial charge < -0.3 is 9.72 Å². The normalized spacial score (nSPS) is 26.6. The fraction of sp³-hybridized carbons (Fsp3) is 0.545. The summed E-state index contributed by atoms with van der Waals surface area (Å²) in [6.07, 6.45) is 3.67. The van der Waals surface area contributed by atoms with Crippen LogP contribution < -0.4 is 0 Å². The van der Waals surface area contributed by atoms with E-state index in [0.29, 0.717) is 5.69 Å². The zero-order valence-corrected chi connectivity index (χ0v) is 8.32. The lowest BCUT2D eigenvalue weighted by Crippen LogP contribution is -2.23. The number of rotatable bonds is 3. The van der Waals surface area contributed by atoms with Crippen molar-refractivity contribution in [1.82, 2.24) is 4.98 Å². The molecule has 2 atom stereocenters. The van der Waals surface area contributed by atoms with E-state index in [1.807, 2.05) is 12.1 Å². The Balaban J connectivity index is 2.11. The third-order valence-corrected chi connectivity index (χ3v) is 2.81. The van der Waals surface area contributed by atoms with Gasteiger partial charge in [0.05, 0.1) is 17.7 Å². The molecule has 1 fully saturated rings. The van der Waals surface area contributed by atoms with Crippen LogP contribution in [0.2, 0.25) is 0 Å². The molecule has 2 rings (SSSR count). The number of carbonyl (C=O) groups excluding carboxylic acids is 1. The number of hydrogen-bond acceptors (Lipinski definition) is 2. The van der Waals surface area contributed by atoms with Gasteiger partial charge in [0, 0.05) is 12.8 Å². The Morgan fingerprint density at radius 2 is 2.57 bits per heavy atom. The largest absolute Gasteiger partial charge is 0.377 e. The average Bonchev–Trinajstić information content (AvgIpc) is 2.87. The van der Waals surface area contributed by atoms with E-state index in [1.165, 1.54) is 0 Å². The molecule has 0 aliphatic carbocycles. The number of aromatic amines is 1. The van der Waals surface area contributed by atoms with Crippen molar-refractivity contribution in [3.8, 4) is 0 Å². The quantitative estimate of drug-likeness (QED) is 0.746. The molecule has 2 unspecified atom stereocenters. The summed E-state index contributed by atoms with van der Waals surface area (Å²) in [5.41, 5.74) is 0.707. The molecule has 1 aromatic heterocycles. The van der Waals surface area contributed by atoms with Gasteiger partial charge in [-0.15, -0.1) is 0 Å². The van der Waals surface area contributed by atoms with Gasteiger partial charge in [-0.05, 0) is 25.0 Å². The van der Waals surface area contributed by atoms with Crippen molar-refractivity contribution in [1.29, 1.82) is 0 Å². The van der Waals surface area contributed by atoms with Crippen molar-refractivity contribution < 1.29 is 9.53 Å². The maximum atomic E-state index is 12.0. The van der Waals surface area contributed by atoms with Crippen LogP contribution in [0.25, 0.3) is 0 Å². The summed E-state index contributed by atoms with van der Waals surface area (Å²) in [6.45, 7) is 2.78. The summed E-state index contributed by atoms with van der Waals surface area (Å²) < 4.78 is 5.50. The Labute approximate surface area is 83.5 Å². The molecule has 76 valence electrons. The van der Waals surface area contributed by atoms with Crippen molar-refractivity contribution in [3.05, 3.63) is 24.0 Å². The minimum Gasteiger partial charge on any atom is -0.377 e. The number of hydrogen-bond donors (Lipinski definition) is 1. The molecule has 0 aromatic carbocycles. The molecule has 1 aliphatic rings. The van der Waals surface area contributed by atoms with Crippen LogP contribution in [0.3, 0.4) is 0 Å². The topological polar surface area (TPSA) is 42.1 Å². The van der Waals surface area contributed by atoms with E-state index in [9.17, 15) is 4.79 Å². The minimum absolute atomic E-state index is 0.0543. The monoisotopic (exact) mass is 193 g/mol. The SMILES string of the molecule is CCC1OCCC1C(=O)c1ccc[nH]1. The Hall–Kier alpha value is -1.09. The van der Waals surface area contributed by atoms with Crippen LogP contribution in [-0.2, 0) is 4.74 Å². The Bertz CT molecular complexity index is 305. The van der Waals surface area contributed by atoms with Gasteiger partial charge in [-0.25, -0.2) is 0 Å². The first-order chi connectivity index (χ1) is 6.83. The van der Waals surface area contributed by atoms with Crippen LogP contribution >= 0.6 is 0 Å². The van der Waals surface area contributed by atoms with E-state index < -0.39 is 0 Å². The summed E-state index contributed by atoms with van der Waals surface area (Å²) in [4.78, 5) is 14.9.